The molecular weight excluding hydrogens is 478 g/mol. The summed E-state index contributed by atoms with van der Waals surface area (Å²) in [7, 11) is 1.56. The smallest absolute Gasteiger partial charge is 0.340 e. The number of rotatable bonds is 8. The van der Waals surface area contributed by atoms with E-state index >= 15 is 0 Å². The number of benzene rings is 2. The highest BCUT2D eigenvalue weighted by Gasteiger charge is 2.21. The highest BCUT2D eigenvalue weighted by atomic mass is 35.5. The number of carbonyl (C=O) groups excluding carboxylic acids is 4. The highest BCUT2D eigenvalue weighted by molar-refractivity contribution is 7.12. The maximum Gasteiger partial charge on any atom is 0.340 e. The van der Waals surface area contributed by atoms with E-state index in [0.29, 0.717) is 26.8 Å². The Kier molecular flexibility index (Phi) is 8.39. The summed E-state index contributed by atoms with van der Waals surface area (Å²) in [4.78, 5) is 51.3. The molecule has 10 heteroatoms. The van der Waals surface area contributed by atoms with Crippen LogP contribution in [0.5, 0.6) is 0 Å². The summed E-state index contributed by atoms with van der Waals surface area (Å²) in [6.45, 7) is 0.870. The van der Waals surface area contributed by atoms with Gasteiger partial charge in [0.25, 0.3) is 11.8 Å². The summed E-state index contributed by atoms with van der Waals surface area (Å²) in [5.41, 5.74) is 1.73. The Labute approximate surface area is 205 Å². The summed E-state index contributed by atoms with van der Waals surface area (Å²) in [6.07, 6.45) is 0. The van der Waals surface area contributed by atoms with Crippen LogP contribution in [0.4, 0.5) is 11.4 Å². The second-order valence-electron chi connectivity index (χ2n) is 7.17. The van der Waals surface area contributed by atoms with Gasteiger partial charge in [0.1, 0.15) is 0 Å². The fourth-order valence-electron chi connectivity index (χ4n) is 2.99. The molecular formula is C24H22ClN3O5S. The fraction of sp³-hybridized carbons (Fsp3) is 0.167. The monoisotopic (exact) mass is 499 g/mol. The largest absolute Gasteiger partial charge is 0.452 e. The van der Waals surface area contributed by atoms with Gasteiger partial charge in [0.2, 0.25) is 5.91 Å². The van der Waals surface area contributed by atoms with Gasteiger partial charge in [-0.25, -0.2) is 4.79 Å². The number of nitrogens with zero attached hydrogens (tertiary/aromatic N) is 1. The van der Waals surface area contributed by atoms with Gasteiger partial charge in [-0.3, -0.25) is 14.4 Å². The van der Waals surface area contributed by atoms with Crippen molar-refractivity contribution in [3.63, 3.8) is 0 Å². The predicted octanol–water partition coefficient (Wildman–Crippen LogP) is 3.90. The van der Waals surface area contributed by atoms with Gasteiger partial charge >= 0.3 is 5.97 Å². The van der Waals surface area contributed by atoms with E-state index in [-0.39, 0.29) is 18.0 Å². The SMILES string of the molecule is Cc1c(Cl)cccc1NC(=O)CNC(=O)COC(=O)c1ccccc1N(C)C(=O)c1cccs1. The van der Waals surface area contributed by atoms with E-state index in [1.165, 1.54) is 22.3 Å². The first-order valence-electron chi connectivity index (χ1n) is 10.2. The molecule has 0 aliphatic carbocycles. The molecule has 0 unspecified atom stereocenters. The molecule has 0 saturated heterocycles. The maximum absolute atomic E-state index is 12.6. The summed E-state index contributed by atoms with van der Waals surface area (Å²) in [5, 5.41) is 7.35. The van der Waals surface area contributed by atoms with Crippen LogP contribution in [0.25, 0.3) is 0 Å². The van der Waals surface area contributed by atoms with Gasteiger partial charge < -0.3 is 20.3 Å². The van der Waals surface area contributed by atoms with Crippen LogP contribution in [0.2, 0.25) is 5.02 Å². The molecule has 1 heterocycles. The van der Waals surface area contributed by atoms with Gasteiger partial charge in [0.05, 0.1) is 22.7 Å². The molecule has 0 radical (unpaired) electrons. The lowest BCUT2D eigenvalue weighted by molar-refractivity contribution is -0.126. The molecule has 0 saturated carbocycles. The first-order valence-corrected chi connectivity index (χ1v) is 11.4. The summed E-state index contributed by atoms with van der Waals surface area (Å²) < 4.78 is 5.10. The molecule has 2 aromatic carbocycles. The Morgan fingerprint density at radius 1 is 1.00 bits per heavy atom. The Morgan fingerprint density at radius 3 is 2.50 bits per heavy atom. The third-order valence-electron chi connectivity index (χ3n) is 4.84. The maximum atomic E-state index is 12.6. The Bertz CT molecular complexity index is 1210. The van der Waals surface area contributed by atoms with Crippen molar-refractivity contribution in [1.82, 2.24) is 5.32 Å². The van der Waals surface area contributed by atoms with Crippen molar-refractivity contribution in [3.8, 4) is 0 Å². The Hall–Kier alpha value is -3.69. The molecule has 3 amide bonds. The van der Waals surface area contributed by atoms with E-state index in [1.54, 1.807) is 67.9 Å². The molecule has 1 aromatic heterocycles. The van der Waals surface area contributed by atoms with Gasteiger partial charge in [0, 0.05) is 17.8 Å². The zero-order chi connectivity index (χ0) is 24.7. The van der Waals surface area contributed by atoms with Crippen LogP contribution in [-0.4, -0.2) is 43.9 Å². The first-order chi connectivity index (χ1) is 16.3. The molecule has 0 atom stereocenters. The first kappa shape index (κ1) is 24.9. The minimum Gasteiger partial charge on any atom is -0.452 e. The number of hydrogen-bond acceptors (Lipinski definition) is 6. The van der Waals surface area contributed by atoms with Crippen molar-refractivity contribution in [3.05, 3.63) is 81.0 Å². The van der Waals surface area contributed by atoms with E-state index < -0.39 is 24.4 Å². The van der Waals surface area contributed by atoms with Gasteiger partial charge in [-0.1, -0.05) is 35.9 Å². The Morgan fingerprint density at radius 2 is 1.76 bits per heavy atom. The van der Waals surface area contributed by atoms with E-state index in [1.807, 2.05) is 0 Å². The number of nitrogens with one attached hydrogen (secondary N) is 2. The number of ether oxygens (including phenoxy) is 1. The lowest BCUT2D eigenvalue weighted by Gasteiger charge is -2.19. The molecule has 0 aliphatic rings. The zero-order valence-electron chi connectivity index (χ0n) is 18.5. The lowest BCUT2D eigenvalue weighted by Crippen LogP contribution is -2.35. The molecule has 3 aromatic rings. The molecule has 0 spiro atoms. The van der Waals surface area contributed by atoms with E-state index in [0.717, 1.165) is 0 Å². The standard InChI is InChI=1S/C24H22ClN3O5S/c1-15-17(25)8-5-9-18(15)27-21(29)13-26-22(30)14-33-24(32)16-7-3-4-10-19(16)28(2)23(31)20-11-6-12-34-20/h3-12H,13-14H2,1-2H3,(H,26,30)(H,27,29). The van der Waals surface area contributed by atoms with Crippen LogP contribution in [0.3, 0.4) is 0 Å². The summed E-state index contributed by atoms with van der Waals surface area (Å²) in [6, 6.07) is 15.0. The topological polar surface area (TPSA) is 105 Å². The van der Waals surface area contributed by atoms with E-state index in [2.05, 4.69) is 10.6 Å². The number of thiophene rings is 1. The second kappa shape index (κ2) is 11.4. The average molecular weight is 500 g/mol. The van der Waals surface area contributed by atoms with Gasteiger partial charge in [-0.15, -0.1) is 11.3 Å². The third-order valence-corrected chi connectivity index (χ3v) is 6.11. The van der Waals surface area contributed by atoms with Crippen molar-refractivity contribution < 1.29 is 23.9 Å². The van der Waals surface area contributed by atoms with Crippen molar-refractivity contribution >= 4 is 58.0 Å². The van der Waals surface area contributed by atoms with Crippen molar-refractivity contribution in [2.75, 3.05) is 30.4 Å². The number of carbonyl (C=O) groups is 4. The van der Waals surface area contributed by atoms with Crippen LogP contribution in [0.1, 0.15) is 25.6 Å². The number of amides is 3. The highest BCUT2D eigenvalue weighted by Crippen LogP contribution is 2.24. The Balaban J connectivity index is 1.53. The van der Waals surface area contributed by atoms with Crippen LogP contribution < -0.4 is 15.5 Å². The van der Waals surface area contributed by atoms with Gasteiger partial charge in [-0.05, 0) is 48.2 Å². The van der Waals surface area contributed by atoms with Crippen LogP contribution >= 0.6 is 22.9 Å². The minimum absolute atomic E-state index is 0.136. The number of esters is 1. The van der Waals surface area contributed by atoms with Crippen LogP contribution in [-0.2, 0) is 14.3 Å². The quantitative estimate of drug-likeness (QED) is 0.457. The van der Waals surface area contributed by atoms with Gasteiger partial charge in [-0.2, -0.15) is 0 Å². The molecule has 3 rings (SSSR count). The van der Waals surface area contributed by atoms with E-state index in [9.17, 15) is 19.2 Å². The van der Waals surface area contributed by atoms with Crippen LogP contribution in [0.15, 0.2) is 60.0 Å². The molecule has 34 heavy (non-hydrogen) atoms. The van der Waals surface area contributed by atoms with Crippen LogP contribution in [0, 0.1) is 6.92 Å². The number of anilines is 2. The lowest BCUT2D eigenvalue weighted by atomic mass is 10.1. The second-order valence-corrected chi connectivity index (χ2v) is 8.53. The molecule has 0 fully saturated rings. The molecule has 176 valence electrons. The van der Waals surface area contributed by atoms with Gasteiger partial charge in [0.15, 0.2) is 6.61 Å². The normalized spacial score (nSPS) is 10.3. The molecule has 0 bridgehead atoms. The van der Waals surface area contributed by atoms with Crippen molar-refractivity contribution in [2.24, 2.45) is 0 Å². The molecule has 8 nitrogen and oxygen atoms in total. The molecule has 2 N–H and O–H groups in total. The number of para-hydroxylation sites is 1. The summed E-state index contributed by atoms with van der Waals surface area (Å²) in [5.74, 6) is -2.14. The van der Waals surface area contributed by atoms with E-state index in [4.69, 9.17) is 16.3 Å². The number of hydrogen-bond donors (Lipinski definition) is 2. The average Bonchev–Trinajstić information content (AvgIpc) is 3.38. The summed E-state index contributed by atoms with van der Waals surface area (Å²) >= 11 is 7.32. The predicted molar refractivity (Wildman–Crippen MR) is 132 cm³/mol. The number of halogens is 1. The fourth-order valence-corrected chi connectivity index (χ4v) is 3.86. The van der Waals surface area contributed by atoms with Crippen molar-refractivity contribution in [1.29, 1.82) is 0 Å². The molecule has 0 aliphatic heterocycles. The minimum atomic E-state index is -0.768. The van der Waals surface area contributed by atoms with Crippen molar-refractivity contribution in [2.45, 2.75) is 6.92 Å². The third kappa shape index (κ3) is 6.21. The zero-order valence-corrected chi connectivity index (χ0v) is 20.0.